The van der Waals surface area contributed by atoms with Crippen LogP contribution in [0.2, 0.25) is 0 Å². The number of primary amides is 1. The first-order valence-corrected chi connectivity index (χ1v) is 13.8. The van der Waals surface area contributed by atoms with Crippen LogP contribution in [0, 0.1) is 0 Å². The van der Waals surface area contributed by atoms with E-state index in [9.17, 15) is 15.0 Å². The van der Waals surface area contributed by atoms with Gasteiger partial charge in [-0.2, -0.15) is 10.2 Å². The van der Waals surface area contributed by atoms with Crippen molar-refractivity contribution in [3.63, 3.8) is 0 Å². The molecule has 41 heavy (non-hydrogen) atoms. The van der Waals surface area contributed by atoms with Crippen LogP contribution in [0.1, 0.15) is 67.2 Å². The molecule has 0 unspecified atom stereocenters. The molecule has 212 valence electrons. The van der Waals surface area contributed by atoms with Gasteiger partial charge in [-0.25, -0.2) is 14.6 Å². The summed E-state index contributed by atoms with van der Waals surface area (Å²) in [5, 5.41) is 36.0. The molecule has 1 aliphatic carbocycles. The first-order chi connectivity index (χ1) is 19.8. The number of imidazole rings is 1. The van der Waals surface area contributed by atoms with E-state index in [1.54, 1.807) is 29.3 Å². The van der Waals surface area contributed by atoms with E-state index in [0.29, 0.717) is 41.3 Å². The van der Waals surface area contributed by atoms with E-state index in [2.05, 4.69) is 34.3 Å². The molecule has 6 N–H and O–H groups in total. The molecule has 0 radical (unpaired) electrons. The molecular formula is C29H33N9O3. The first kappa shape index (κ1) is 26.7. The van der Waals surface area contributed by atoms with Gasteiger partial charge in [-0.05, 0) is 55.9 Å². The van der Waals surface area contributed by atoms with Crippen LogP contribution in [-0.2, 0) is 6.61 Å². The van der Waals surface area contributed by atoms with Gasteiger partial charge < -0.3 is 21.3 Å². The van der Waals surface area contributed by atoms with Crippen molar-refractivity contribution >= 4 is 22.6 Å². The van der Waals surface area contributed by atoms with Crippen molar-refractivity contribution in [3.8, 4) is 22.8 Å². The number of hydrogen-bond acceptors (Lipinski definition) is 8. The number of hydrogen-bond donors (Lipinski definition) is 5. The molecule has 4 aromatic heterocycles. The molecule has 0 spiro atoms. The number of benzene rings is 1. The van der Waals surface area contributed by atoms with Gasteiger partial charge in [-0.1, -0.05) is 13.8 Å². The summed E-state index contributed by atoms with van der Waals surface area (Å²) in [6, 6.07) is 7.45. The summed E-state index contributed by atoms with van der Waals surface area (Å²) >= 11 is 0. The number of nitrogens with one attached hydrogen (secondary N) is 2. The summed E-state index contributed by atoms with van der Waals surface area (Å²) in [6.45, 7) is 3.95. The van der Waals surface area contributed by atoms with Gasteiger partial charge in [0.25, 0.3) is 5.91 Å². The number of aromatic nitrogens is 7. The van der Waals surface area contributed by atoms with Gasteiger partial charge >= 0.3 is 0 Å². The van der Waals surface area contributed by atoms with E-state index in [-0.39, 0.29) is 24.7 Å². The van der Waals surface area contributed by atoms with E-state index in [0.717, 1.165) is 40.9 Å². The lowest BCUT2D eigenvalue weighted by molar-refractivity contribution is 0.100. The summed E-state index contributed by atoms with van der Waals surface area (Å²) in [7, 11) is 0. The Labute approximate surface area is 236 Å². The molecule has 1 aromatic carbocycles. The molecule has 1 fully saturated rings. The third-order valence-electron chi connectivity index (χ3n) is 7.62. The highest BCUT2D eigenvalue weighted by molar-refractivity contribution is 5.99. The van der Waals surface area contributed by atoms with E-state index >= 15 is 0 Å². The molecule has 12 nitrogen and oxygen atoms in total. The minimum atomic E-state index is -0.518. The lowest BCUT2D eigenvalue weighted by Gasteiger charge is -2.27. The second kappa shape index (κ2) is 10.8. The number of aromatic amines is 1. The maximum atomic E-state index is 12.3. The fraction of sp³-hybridized carbons (Fsp3) is 0.345. The minimum Gasteiger partial charge on any atom is -0.393 e. The maximum absolute atomic E-state index is 12.3. The molecule has 0 atom stereocenters. The van der Waals surface area contributed by atoms with Crippen molar-refractivity contribution in [1.82, 2.24) is 34.5 Å². The number of aliphatic hydroxyl groups excluding tert-OH is 2. The van der Waals surface area contributed by atoms with Crippen LogP contribution in [0.4, 0.5) is 5.69 Å². The van der Waals surface area contributed by atoms with Gasteiger partial charge in [0.15, 0.2) is 5.65 Å². The molecule has 4 heterocycles. The Hall–Kier alpha value is -4.55. The molecular weight excluding hydrogens is 522 g/mol. The number of fused-ring (bicyclic) bond motifs is 1. The SMILES string of the molecule is CC(C)c1nn(-c2ccc(C(N)=O)c(NC3CCC(O)CC3)c2)c2nccc(-n3cc(CO)nc3-c3cn[nH]c3)c12. The normalized spacial score (nSPS) is 17.4. The molecule has 0 saturated heterocycles. The topological polar surface area (TPSA) is 173 Å². The number of H-pyrrole nitrogens is 1. The number of nitrogens with two attached hydrogens (primary N) is 1. The van der Waals surface area contributed by atoms with E-state index in [1.165, 1.54) is 0 Å². The zero-order chi connectivity index (χ0) is 28.7. The van der Waals surface area contributed by atoms with Crippen LogP contribution in [-0.4, -0.2) is 62.8 Å². The number of aliphatic hydroxyl groups is 2. The second-order valence-electron chi connectivity index (χ2n) is 10.8. The lowest BCUT2D eigenvalue weighted by atomic mass is 9.92. The Morgan fingerprint density at radius 1 is 1.22 bits per heavy atom. The number of rotatable bonds is 8. The third kappa shape index (κ3) is 4.96. The zero-order valence-electron chi connectivity index (χ0n) is 22.9. The second-order valence-corrected chi connectivity index (χ2v) is 10.8. The van der Waals surface area contributed by atoms with Gasteiger partial charge in [0.05, 0.1) is 58.2 Å². The third-order valence-corrected chi connectivity index (χ3v) is 7.62. The average Bonchev–Trinajstić information content (AvgIpc) is 3.72. The Morgan fingerprint density at radius 3 is 2.71 bits per heavy atom. The van der Waals surface area contributed by atoms with Crippen molar-refractivity contribution in [2.24, 2.45) is 5.73 Å². The molecule has 0 bridgehead atoms. The monoisotopic (exact) mass is 555 g/mol. The molecule has 6 rings (SSSR count). The quantitative estimate of drug-likeness (QED) is 0.194. The summed E-state index contributed by atoms with van der Waals surface area (Å²) in [6.07, 6.45) is 9.73. The largest absolute Gasteiger partial charge is 0.393 e. The average molecular weight is 556 g/mol. The zero-order valence-corrected chi connectivity index (χ0v) is 22.9. The van der Waals surface area contributed by atoms with Gasteiger partial charge in [0.2, 0.25) is 0 Å². The van der Waals surface area contributed by atoms with Crippen molar-refractivity contribution in [2.75, 3.05) is 5.32 Å². The Balaban J connectivity index is 1.50. The highest BCUT2D eigenvalue weighted by Gasteiger charge is 2.24. The summed E-state index contributed by atoms with van der Waals surface area (Å²) in [4.78, 5) is 21.7. The number of carbonyl (C=O) groups excluding carboxylic acids is 1. The molecule has 12 heteroatoms. The van der Waals surface area contributed by atoms with Crippen LogP contribution in [0.15, 0.2) is 49.1 Å². The van der Waals surface area contributed by atoms with E-state index in [1.807, 2.05) is 29.0 Å². The number of anilines is 1. The predicted molar refractivity (Wildman–Crippen MR) is 154 cm³/mol. The van der Waals surface area contributed by atoms with E-state index in [4.69, 9.17) is 15.8 Å². The lowest BCUT2D eigenvalue weighted by Crippen LogP contribution is -2.29. The molecule has 1 aliphatic rings. The van der Waals surface area contributed by atoms with Crippen LogP contribution in [0.5, 0.6) is 0 Å². The van der Waals surface area contributed by atoms with E-state index < -0.39 is 5.91 Å². The molecule has 0 aliphatic heterocycles. The van der Waals surface area contributed by atoms with Gasteiger partial charge in [0, 0.05) is 30.3 Å². The fourth-order valence-corrected chi connectivity index (χ4v) is 5.54. The van der Waals surface area contributed by atoms with Crippen LogP contribution < -0.4 is 11.1 Å². The molecule has 5 aromatic rings. The van der Waals surface area contributed by atoms with Gasteiger partial charge in [0.1, 0.15) is 5.82 Å². The molecule has 1 amide bonds. The minimum absolute atomic E-state index is 0.0658. The smallest absolute Gasteiger partial charge is 0.250 e. The first-order valence-electron chi connectivity index (χ1n) is 13.8. The predicted octanol–water partition coefficient (Wildman–Crippen LogP) is 3.43. The summed E-state index contributed by atoms with van der Waals surface area (Å²) in [5.41, 5.74) is 11.1. The molecule has 1 saturated carbocycles. The Kier molecular flexibility index (Phi) is 7.01. The Morgan fingerprint density at radius 2 is 2.02 bits per heavy atom. The summed E-state index contributed by atoms with van der Waals surface area (Å²) in [5.74, 6) is 0.179. The van der Waals surface area contributed by atoms with Crippen molar-refractivity contribution in [3.05, 3.63) is 66.0 Å². The number of amides is 1. The summed E-state index contributed by atoms with van der Waals surface area (Å²) < 4.78 is 3.72. The fourth-order valence-electron chi connectivity index (χ4n) is 5.54. The van der Waals surface area contributed by atoms with Crippen LogP contribution >= 0.6 is 0 Å². The van der Waals surface area contributed by atoms with Crippen molar-refractivity contribution in [1.29, 1.82) is 0 Å². The van der Waals surface area contributed by atoms with Crippen LogP contribution in [0.3, 0.4) is 0 Å². The number of pyridine rings is 1. The number of carbonyl (C=O) groups is 1. The highest BCUT2D eigenvalue weighted by atomic mass is 16.3. The highest BCUT2D eigenvalue weighted by Crippen LogP contribution is 2.34. The van der Waals surface area contributed by atoms with Gasteiger partial charge in [-0.3, -0.25) is 14.5 Å². The maximum Gasteiger partial charge on any atom is 0.250 e. The standard InChI is InChI=1S/C29H33N9O3/c1-16(2)26-25-24(37-14-19(15-39)35-28(37)17-12-32-33-13-17)9-10-31-29(25)38(36-26)20-5-8-22(27(30)41)23(11-20)34-18-3-6-21(40)7-4-18/h5,8-14,16,18,21,34,39-40H,3-4,6-7,15H2,1-2H3,(H2,30,41)(H,32,33). The van der Waals surface area contributed by atoms with Crippen molar-refractivity contribution < 1.29 is 15.0 Å². The van der Waals surface area contributed by atoms with Crippen LogP contribution in [0.25, 0.3) is 33.8 Å². The Bertz CT molecular complexity index is 1700. The van der Waals surface area contributed by atoms with Gasteiger partial charge in [-0.15, -0.1) is 0 Å². The van der Waals surface area contributed by atoms with Crippen molar-refractivity contribution in [2.45, 2.75) is 64.2 Å². The number of nitrogens with zero attached hydrogens (tertiary/aromatic N) is 6.